The summed E-state index contributed by atoms with van der Waals surface area (Å²) in [4.78, 5) is 12.3. The van der Waals surface area contributed by atoms with Gasteiger partial charge in [-0.1, -0.05) is 49.4 Å². The fourth-order valence-corrected chi connectivity index (χ4v) is 2.36. The quantitative estimate of drug-likeness (QED) is 0.600. The highest BCUT2D eigenvalue weighted by Crippen LogP contribution is 2.23. The van der Waals surface area contributed by atoms with E-state index >= 15 is 0 Å². The molecule has 2 heteroatoms. The maximum atomic E-state index is 12.3. The van der Waals surface area contributed by atoms with Crippen LogP contribution < -0.4 is 4.74 Å². The molecule has 0 amide bonds. The van der Waals surface area contributed by atoms with E-state index in [4.69, 9.17) is 4.74 Å². The van der Waals surface area contributed by atoms with Crippen LogP contribution in [0.1, 0.15) is 28.4 Å². The molecule has 0 heterocycles. The van der Waals surface area contributed by atoms with Crippen molar-refractivity contribution in [2.45, 2.75) is 13.3 Å². The number of carbonyl (C=O) groups is 1. The number of ether oxygens (including phenoxy) is 1. The summed E-state index contributed by atoms with van der Waals surface area (Å²) in [5, 5.41) is 0. The first-order valence-electron chi connectivity index (χ1n) is 7.73. The van der Waals surface area contributed by atoms with Crippen LogP contribution in [0, 0.1) is 0 Å². The molecule has 0 fully saturated rings. The van der Waals surface area contributed by atoms with Gasteiger partial charge in [-0.2, -0.15) is 0 Å². The van der Waals surface area contributed by atoms with Crippen molar-refractivity contribution >= 4 is 5.78 Å². The van der Waals surface area contributed by atoms with Gasteiger partial charge in [0.05, 0.1) is 0 Å². The van der Waals surface area contributed by atoms with Crippen molar-refractivity contribution in [3.63, 3.8) is 0 Å². The fraction of sp³-hybridized carbons (Fsp3) is 0.0952. The zero-order valence-corrected chi connectivity index (χ0v) is 13.0. The van der Waals surface area contributed by atoms with Crippen LogP contribution in [0.15, 0.2) is 78.9 Å². The summed E-state index contributed by atoms with van der Waals surface area (Å²) in [7, 11) is 0. The lowest BCUT2D eigenvalue weighted by atomic mass is 10.0. The molecule has 0 atom stereocenters. The highest BCUT2D eigenvalue weighted by molar-refractivity contribution is 6.08. The summed E-state index contributed by atoms with van der Waals surface area (Å²) >= 11 is 0. The second-order valence-corrected chi connectivity index (χ2v) is 5.32. The molecule has 0 aromatic heterocycles. The third-order valence-corrected chi connectivity index (χ3v) is 3.72. The minimum absolute atomic E-state index is 0.0180. The second kappa shape index (κ2) is 6.93. The minimum Gasteiger partial charge on any atom is -0.457 e. The summed E-state index contributed by atoms with van der Waals surface area (Å²) in [6.45, 7) is 2.12. The average molecular weight is 302 g/mol. The van der Waals surface area contributed by atoms with E-state index in [1.807, 2.05) is 54.6 Å². The smallest absolute Gasteiger partial charge is 0.193 e. The Balaban J connectivity index is 1.72. The number of aryl methyl sites for hydroxylation is 1. The number of ketones is 1. The van der Waals surface area contributed by atoms with Crippen molar-refractivity contribution in [3.8, 4) is 11.5 Å². The Morgan fingerprint density at radius 2 is 1.26 bits per heavy atom. The van der Waals surface area contributed by atoms with E-state index in [1.54, 1.807) is 12.1 Å². The van der Waals surface area contributed by atoms with E-state index in [0.717, 1.165) is 17.9 Å². The van der Waals surface area contributed by atoms with E-state index in [-0.39, 0.29) is 5.78 Å². The van der Waals surface area contributed by atoms with Crippen molar-refractivity contribution < 1.29 is 9.53 Å². The van der Waals surface area contributed by atoms with Crippen molar-refractivity contribution in [2.24, 2.45) is 0 Å². The SMILES string of the molecule is CCc1ccc(Oc2ccc(C(=O)c3ccccc3)cc2)cc1. The molecular weight excluding hydrogens is 284 g/mol. The Bertz CT molecular complexity index is 772. The van der Waals surface area contributed by atoms with Gasteiger partial charge in [-0.25, -0.2) is 0 Å². The average Bonchev–Trinajstić information content (AvgIpc) is 2.63. The van der Waals surface area contributed by atoms with Crippen LogP contribution in [-0.2, 0) is 6.42 Å². The summed E-state index contributed by atoms with van der Waals surface area (Å²) in [5.74, 6) is 1.53. The first-order chi connectivity index (χ1) is 11.3. The number of rotatable bonds is 5. The Hall–Kier alpha value is -2.87. The molecule has 3 aromatic carbocycles. The Morgan fingerprint density at radius 3 is 1.83 bits per heavy atom. The summed E-state index contributed by atoms with van der Waals surface area (Å²) < 4.78 is 5.81. The van der Waals surface area contributed by atoms with Crippen LogP contribution in [0.3, 0.4) is 0 Å². The molecule has 23 heavy (non-hydrogen) atoms. The second-order valence-electron chi connectivity index (χ2n) is 5.32. The van der Waals surface area contributed by atoms with Gasteiger partial charge in [0.1, 0.15) is 11.5 Å². The van der Waals surface area contributed by atoms with Crippen molar-refractivity contribution in [1.82, 2.24) is 0 Å². The minimum atomic E-state index is 0.0180. The van der Waals surface area contributed by atoms with Crippen LogP contribution in [0.4, 0.5) is 0 Å². The van der Waals surface area contributed by atoms with Crippen LogP contribution in [0.5, 0.6) is 11.5 Å². The predicted octanol–water partition coefficient (Wildman–Crippen LogP) is 5.27. The van der Waals surface area contributed by atoms with Gasteiger partial charge in [0, 0.05) is 11.1 Å². The van der Waals surface area contributed by atoms with Crippen LogP contribution in [0.25, 0.3) is 0 Å². The number of carbonyl (C=O) groups excluding carboxylic acids is 1. The van der Waals surface area contributed by atoms with Gasteiger partial charge in [-0.05, 0) is 48.4 Å². The van der Waals surface area contributed by atoms with Gasteiger partial charge >= 0.3 is 0 Å². The third kappa shape index (κ3) is 3.67. The molecule has 0 aliphatic rings. The Morgan fingerprint density at radius 1 is 0.739 bits per heavy atom. The van der Waals surface area contributed by atoms with Gasteiger partial charge in [0.25, 0.3) is 0 Å². The number of benzene rings is 3. The lowest BCUT2D eigenvalue weighted by Crippen LogP contribution is -2.00. The third-order valence-electron chi connectivity index (χ3n) is 3.72. The molecule has 3 aromatic rings. The molecule has 0 saturated carbocycles. The van der Waals surface area contributed by atoms with Crippen LogP contribution in [-0.4, -0.2) is 5.78 Å². The van der Waals surface area contributed by atoms with Gasteiger partial charge in [0.15, 0.2) is 5.78 Å². The van der Waals surface area contributed by atoms with E-state index in [2.05, 4.69) is 19.1 Å². The van der Waals surface area contributed by atoms with Crippen LogP contribution in [0.2, 0.25) is 0 Å². The maximum absolute atomic E-state index is 12.3. The molecular formula is C21H18O2. The van der Waals surface area contributed by atoms with E-state index in [9.17, 15) is 4.79 Å². The molecule has 114 valence electrons. The molecule has 2 nitrogen and oxygen atoms in total. The van der Waals surface area contributed by atoms with Gasteiger partial charge in [0.2, 0.25) is 0 Å². The first kappa shape index (κ1) is 15.0. The molecule has 0 aliphatic carbocycles. The number of hydrogen-bond acceptors (Lipinski definition) is 2. The highest BCUT2D eigenvalue weighted by Gasteiger charge is 2.08. The molecule has 0 unspecified atom stereocenters. The van der Waals surface area contributed by atoms with Crippen LogP contribution >= 0.6 is 0 Å². The van der Waals surface area contributed by atoms with Gasteiger partial charge in [-0.3, -0.25) is 4.79 Å². The topological polar surface area (TPSA) is 26.3 Å². The maximum Gasteiger partial charge on any atom is 0.193 e. The first-order valence-corrected chi connectivity index (χ1v) is 7.73. The lowest BCUT2D eigenvalue weighted by Gasteiger charge is -2.07. The van der Waals surface area contributed by atoms with Gasteiger partial charge in [-0.15, -0.1) is 0 Å². The zero-order valence-electron chi connectivity index (χ0n) is 13.0. The Kier molecular flexibility index (Phi) is 4.53. The molecule has 0 radical (unpaired) electrons. The molecule has 3 rings (SSSR count). The number of hydrogen-bond donors (Lipinski definition) is 0. The highest BCUT2D eigenvalue weighted by atomic mass is 16.5. The molecule has 0 aliphatic heterocycles. The van der Waals surface area contributed by atoms with E-state index in [1.165, 1.54) is 5.56 Å². The zero-order chi connectivity index (χ0) is 16.1. The molecule has 0 spiro atoms. The van der Waals surface area contributed by atoms with Crippen molar-refractivity contribution in [3.05, 3.63) is 95.6 Å². The monoisotopic (exact) mass is 302 g/mol. The van der Waals surface area contributed by atoms with Crippen molar-refractivity contribution in [1.29, 1.82) is 0 Å². The van der Waals surface area contributed by atoms with E-state index in [0.29, 0.717) is 11.1 Å². The standard InChI is InChI=1S/C21H18O2/c1-2-16-8-12-19(13-9-16)23-20-14-10-18(11-15-20)21(22)17-6-4-3-5-7-17/h3-15H,2H2,1H3. The van der Waals surface area contributed by atoms with Crippen molar-refractivity contribution in [2.75, 3.05) is 0 Å². The normalized spacial score (nSPS) is 10.3. The molecule has 0 N–H and O–H groups in total. The lowest BCUT2D eigenvalue weighted by molar-refractivity contribution is 0.103. The molecule has 0 saturated heterocycles. The fourth-order valence-electron chi connectivity index (χ4n) is 2.36. The Labute approximate surface area is 136 Å². The summed E-state index contributed by atoms with van der Waals surface area (Å²) in [5.41, 5.74) is 2.63. The predicted molar refractivity (Wildman–Crippen MR) is 92.2 cm³/mol. The van der Waals surface area contributed by atoms with Gasteiger partial charge < -0.3 is 4.74 Å². The summed E-state index contributed by atoms with van der Waals surface area (Å²) in [6.07, 6.45) is 1.01. The summed E-state index contributed by atoms with van der Waals surface area (Å²) in [6, 6.07) is 24.6. The van der Waals surface area contributed by atoms with E-state index < -0.39 is 0 Å². The largest absolute Gasteiger partial charge is 0.457 e. The molecule has 0 bridgehead atoms.